The maximum atomic E-state index is 13.7. The smallest absolute Gasteiger partial charge is 0.296 e. The highest BCUT2D eigenvalue weighted by Gasteiger charge is 2.47. The van der Waals surface area contributed by atoms with Gasteiger partial charge in [-0.25, -0.2) is 0 Å². The predicted octanol–water partition coefficient (Wildman–Crippen LogP) is 7.26. The average molecular weight is 620 g/mol. The number of ether oxygens (including phenoxy) is 2. The molecule has 1 N–H and O–H groups in total. The number of aryl methyl sites for hydroxylation is 2. The minimum atomic E-state index is -1.01. The molecule has 0 spiro atoms. The molecule has 0 saturated heterocycles. The number of aliphatic hydroxyl groups is 1. The van der Waals surface area contributed by atoms with Crippen LogP contribution < -0.4 is 14.4 Å². The molecule has 0 bridgehead atoms. The zero-order valence-corrected chi connectivity index (χ0v) is 26.3. The van der Waals surface area contributed by atoms with E-state index in [0.29, 0.717) is 45.4 Å². The van der Waals surface area contributed by atoms with Crippen molar-refractivity contribution < 1.29 is 28.6 Å². The number of hydrogen-bond acceptors (Lipinski definition) is 10. The van der Waals surface area contributed by atoms with Crippen molar-refractivity contribution in [3.8, 4) is 11.5 Å². The van der Waals surface area contributed by atoms with Gasteiger partial charge in [0, 0.05) is 5.75 Å². The van der Waals surface area contributed by atoms with Crippen LogP contribution in [0.1, 0.15) is 59.3 Å². The third-order valence-corrected chi connectivity index (χ3v) is 9.08. The van der Waals surface area contributed by atoms with Crippen molar-refractivity contribution >= 4 is 39.9 Å². The average Bonchev–Trinajstić information content (AvgIpc) is 3.70. The number of anilines is 1. The van der Waals surface area contributed by atoms with E-state index >= 15 is 0 Å². The first-order valence-corrected chi connectivity index (χ1v) is 15.7. The molecule has 1 aliphatic heterocycles. The molecule has 0 aliphatic carbocycles. The Labute approximate surface area is 258 Å². The van der Waals surface area contributed by atoms with Crippen LogP contribution in [0.4, 0.5) is 5.13 Å². The van der Waals surface area contributed by atoms with E-state index in [0.717, 1.165) is 12.0 Å². The fourth-order valence-electron chi connectivity index (χ4n) is 4.60. The van der Waals surface area contributed by atoms with Crippen LogP contribution in [0, 0.1) is 19.8 Å². The predicted molar refractivity (Wildman–Crippen MR) is 166 cm³/mol. The Morgan fingerprint density at radius 1 is 1.09 bits per heavy atom. The number of hydrogen-bond donors (Lipinski definition) is 1. The number of benzene rings is 2. The highest BCUT2D eigenvalue weighted by molar-refractivity contribution is 8.00. The number of thioether (sulfide) groups is 1. The summed E-state index contributed by atoms with van der Waals surface area (Å²) in [5, 5.41) is 20.0. The molecular weight excluding hydrogens is 587 g/mol. The number of aliphatic hydroxyl groups excluding tert-OH is 1. The Morgan fingerprint density at radius 2 is 1.86 bits per heavy atom. The quantitative estimate of drug-likeness (QED) is 0.0994. The van der Waals surface area contributed by atoms with Crippen LogP contribution in [-0.2, 0) is 10.5 Å². The molecular formula is C32H33N3O6S2. The van der Waals surface area contributed by atoms with Crippen molar-refractivity contribution in [3.63, 3.8) is 0 Å². The molecule has 1 atom stereocenters. The number of furan rings is 1. The summed E-state index contributed by atoms with van der Waals surface area (Å²) in [7, 11) is 1.53. The van der Waals surface area contributed by atoms with Gasteiger partial charge in [-0.2, -0.15) is 0 Å². The summed E-state index contributed by atoms with van der Waals surface area (Å²) in [5.74, 6) is 0.665. The number of amides is 1. The van der Waals surface area contributed by atoms with Gasteiger partial charge in [0.05, 0.1) is 25.3 Å². The summed E-state index contributed by atoms with van der Waals surface area (Å²) < 4.78 is 17.8. The Hall–Kier alpha value is -4.09. The van der Waals surface area contributed by atoms with Gasteiger partial charge in [0.15, 0.2) is 27.4 Å². The van der Waals surface area contributed by atoms with E-state index < -0.39 is 23.5 Å². The zero-order valence-electron chi connectivity index (χ0n) is 24.6. The summed E-state index contributed by atoms with van der Waals surface area (Å²) >= 11 is 2.71. The molecule has 0 radical (unpaired) electrons. The van der Waals surface area contributed by atoms with Crippen molar-refractivity contribution in [3.05, 3.63) is 94.1 Å². The Morgan fingerprint density at radius 3 is 2.53 bits per heavy atom. The molecule has 1 amide bonds. The number of methoxy groups -OCH3 is 1. The number of Topliss-reactive ketones (excluding diaryl/α,β-unsaturated/α-hetero) is 1. The van der Waals surface area contributed by atoms with Crippen molar-refractivity contribution in [2.24, 2.45) is 5.92 Å². The minimum absolute atomic E-state index is 0.0194. The van der Waals surface area contributed by atoms with Gasteiger partial charge in [-0.15, -0.1) is 10.2 Å². The van der Waals surface area contributed by atoms with Gasteiger partial charge < -0.3 is 19.0 Å². The van der Waals surface area contributed by atoms with Crippen molar-refractivity contribution in [2.45, 2.75) is 50.3 Å². The van der Waals surface area contributed by atoms with Crippen LogP contribution in [0.25, 0.3) is 0 Å². The van der Waals surface area contributed by atoms with Crippen LogP contribution in [0.3, 0.4) is 0 Å². The third kappa shape index (κ3) is 6.62. The standard InChI is InChI=1S/C32H33N3O6S2/c1-18(2)14-15-40-23-13-11-22(16-25(23)39-5)27-26(28(36)24-12-8-20(4)41-24)29(37)30(38)35(27)31-33-34-32(43-31)42-17-21-9-6-19(3)7-10-21/h6-13,16,18,27,37H,14-15,17H2,1-5H3. The molecule has 2 aromatic carbocycles. The lowest BCUT2D eigenvalue weighted by Gasteiger charge is -2.24. The van der Waals surface area contributed by atoms with Crippen LogP contribution >= 0.6 is 23.1 Å². The largest absolute Gasteiger partial charge is 0.503 e. The molecule has 5 rings (SSSR count). The first-order valence-electron chi connectivity index (χ1n) is 13.9. The molecule has 0 saturated carbocycles. The van der Waals surface area contributed by atoms with E-state index in [4.69, 9.17) is 13.9 Å². The molecule has 3 heterocycles. The van der Waals surface area contributed by atoms with E-state index in [9.17, 15) is 14.7 Å². The molecule has 9 nitrogen and oxygen atoms in total. The number of ketones is 1. The van der Waals surface area contributed by atoms with Gasteiger partial charge in [0.1, 0.15) is 5.76 Å². The topological polar surface area (TPSA) is 115 Å². The number of nitrogens with zero attached hydrogens (tertiary/aromatic N) is 3. The van der Waals surface area contributed by atoms with Crippen molar-refractivity contribution in [1.82, 2.24) is 10.2 Å². The number of carbonyl (C=O) groups excluding carboxylic acids is 2. The fraction of sp³-hybridized carbons (Fsp3) is 0.312. The third-order valence-electron chi connectivity index (χ3n) is 6.96. The summed E-state index contributed by atoms with van der Waals surface area (Å²) in [6.07, 6.45) is 0.870. The maximum Gasteiger partial charge on any atom is 0.296 e. The van der Waals surface area contributed by atoms with E-state index in [1.807, 2.05) is 6.92 Å². The normalized spacial score (nSPS) is 15.1. The Balaban J connectivity index is 1.50. The fourth-order valence-corrected chi connectivity index (χ4v) is 6.43. The highest BCUT2D eigenvalue weighted by atomic mass is 32.2. The van der Waals surface area contributed by atoms with E-state index in [1.165, 1.54) is 46.7 Å². The molecule has 4 aromatic rings. The molecule has 1 aliphatic rings. The highest BCUT2D eigenvalue weighted by Crippen LogP contribution is 2.45. The summed E-state index contributed by atoms with van der Waals surface area (Å²) in [6.45, 7) is 8.50. The lowest BCUT2D eigenvalue weighted by atomic mass is 9.95. The second-order valence-corrected chi connectivity index (χ2v) is 12.8. The summed E-state index contributed by atoms with van der Waals surface area (Å²) in [6, 6.07) is 15.6. The maximum absolute atomic E-state index is 13.7. The van der Waals surface area contributed by atoms with Crippen molar-refractivity contribution in [2.75, 3.05) is 18.6 Å². The Bertz CT molecular complexity index is 1660. The molecule has 2 aromatic heterocycles. The first kappa shape index (κ1) is 30.4. The van der Waals surface area contributed by atoms with Gasteiger partial charge in [0.25, 0.3) is 5.91 Å². The van der Waals surface area contributed by atoms with Gasteiger partial charge >= 0.3 is 0 Å². The number of carbonyl (C=O) groups is 2. The van der Waals surface area contributed by atoms with Crippen LogP contribution in [0.2, 0.25) is 0 Å². The SMILES string of the molecule is COc1cc(C2C(C(=O)c3ccc(C)o3)=C(O)C(=O)N2c2nnc(SCc3ccc(C)cc3)s2)ccc1OCCC(C)C. The molecule has 224 valence electrons. The van der Waals surface area contributed by atoms with Gasteiger partial charge in [-0.1, -0.05) is 72.8 Å². The first-order chi connectivity index (χ1) is 20.7. The van der Waals surface area contributed by atoms with Crippen LogP contribution in [-0.4, -0.2) is 40.7 Å². The second kappa shape index (κ2) is 13.0. The summed E-state index contributed by atoms with van der Waals surface area (Å²) in [4.78, 5) is 28.6. The lowest BCUT2D eigenvalue weighted by Crippen LogP contribution is -2.31. The molecule has 0 fully saturated rings. The van der Waals surface area contributed by atoms with E-state index in [2.05, 4.69) is 48.3 Å². The molecule has 43 heavy (non-hydrogen) atoms. The van der Waals surface area contributed by atoms with Gasteiger partial charge in [-0.3, -0.25) is 14.5 Å². The minimum Gasteiger partial charge on any atom is -0.503 e. The second-order valence-electron chi connectivity index (χ2n) is 10.6. The monoisotopic (exact) mass is 619 g/mol. The summed E-state index contributed by atoms with van der Waals surface area (Å²) in [5.41, 5.74) is 2.73. The lowest BCUT2D eigenvalue weighted by molar-refractivity contribution is -0.117. The van der Waals surface area contributed by atoms with E-state index in [1.54, 1.807) is 31.2 Å². The van der Waals surface area contributed by atoms with Gasteiger partial charge in [0.2, 0.25) is 10.9 Å². The molecule has 1 unspecified atom stereocenters. The van der Waals surface area contributed by atoms with Crippen LogP contribution in [0.5, 0.6) is 11.5 Å². The Kier molecular flexibility index (Phi) is 9.22. The number of rotatable bonds is 12. The zero-order chi connectivity index (χ0) is 30.7. The van der Waals surface area contributed by atoms with E-state index in [-0.39, 0.29) is 16.5 Å². The van der Waals surface area contributed by atoms with Gasteiger partial charge in [-0.05, 0) is 61.6 Å². The number of aromatic nitrogens is 2. The van der Waals surface area contributed by atoms with Crippen molar-refractivity contribution in [1.29, 1.82) is 0 Å². The van der Waals surface area contributed by atoms with Crippen LogP contribution in [0.15, 0.2) is 74.7 Å². The molecule has 11 heteroatoms.